The van der Waals surface area contributed by atoms with Crippen molar-refractivity contribution >= 4 is 59.9 Å². The van der Waals surface area contributed by atoms with Gasteiger partial charge in [0.15, 0.2) is 23.0 Å². The van der Waals surface area contributed by atoms with E-state index in [1.807, 2.05) is 0 Å². The number of aliphatic hydroxyl groups is 1. The molecule has 1 amide bonds. The van der Waals surface area contributed by atoms with Crippen molar-refractivity contribution in [3.05, 3.63) is 99.7 Å². The van der Waals surface area contributed by atoms with E-state index >= 15 is 0 Å². The molecule has 20 heteroatoms. The normalized spacial score (nSPS) is 24.4. The van der Waals surface area contributed by atoms with Gasteiger partial charge in [-0.25, -0.2) is 26.5 Å². The Morgan fingerprint density at radius 3 is 2.42 bits per heavy atom. The first kappa shape index (κ1) is 49.3. The molecule has 11 rings (SSSR count). The summed E-state index contributed by atoms with van der Waals surface area (Å²) in [4.78, 5) is 38.2. The summed E-state index contributed by atoms with van der Waals surface area (Å²) in [6.45, 7) is 9.04. The summed E-state index contributed by atoms with van der Waals surface area (Å²) in [6, 6.07) is 19.9. The number of aromatic amines is 1. The lowest BCUT2D eigenvalue weighted by atomic mass is 9.59. The fraction of sp³-hybridized carbons (Fsp3) is 0.509. The van der Waals surface area contributed by atoms with Crippen molar-refractivity contribution in [2.75, 3.05) is 41.2 Å². The van der Waals surface area contributed by atoms with Gasteiger partial charge in [-0.1, -0.05) is 38.1 Å². The third-order valence-electron chi connectivity index (χ3n) is 16.6. The van der Waals surface area contributed by atoms with E-state index in [0.29, 0.717) is 67.6 Å². The van der Waals surface area contributed by atoms with Crippen molar-refractivity contribution in [1.29, 1.82) is 0 Å². The maximum atomic E-state index is 14.4. The van der Waals surface area contributed by atoms with Crippen LogP contribution in [0.4, 0.5) is 22.9 Å². The smallest absolute Gasteiger partial charge is 0.297 e. The van der Waals surface area contributed by atoms with Crippen LogP contribution in [-0.4, -0.2) is 96.8 Å². The van der Waals surface area contributed by atoms with Crippen LogP contribution in [0.1, 0.15) is 131 Å². The highest BCUT2D eigenvalue weighted by Crippen LogP contribution is 2.55. The average Bonchev–Trinajstić information content (AvgIpc) is 3.96. The molecule has 0 unspecified atom stereocenters. The Hall–Kier alpha value is -5.96. The highest BCUT2D eigenvalue weighted by Gasteiger charge is 2.50. The number of rotatable bonds is 14. The van der Waals surface area contributed by atoms with Crippen LogP contribution in [0, 0.1) is 21.4 Å². The zero-order valence-corrected chi connectivity index (χ0v) is 43.1. The van der Waals surface area contributed by atoms with Crippen LogP contribution in [-0.2, 0) is 20.0 Å². The number of H-pyrrole nitrogens is 1. The monoisotopic (exact) mass is 1040 g/mol. The molecule has 3 aliphatic heterocycles. The number of likely N-dealkylation sites (tertiary alicyclic amines) is 1. The van der Waals surface area contributed by atoms with Crippen molar-refractivity contribution in [3.8, 4) is 17.2 Å². The highest BCUT2D eigenvalue weighted by molar-refractivity contribution is 7.93. The number of nitro benzene ring substituents is 1. The van der Waals surface area contributed by atoms with E-state index < -0.39 is 52.3 Å². The number of amides is 1. The molecule has 6 aliphatic rings. The van der Waals surface area contributed by atoms with E-state index in [2.05, 4.69) is 72.6 Å². The summed E-state index contributed by atoms with van der Waals surface area (Å²) in [5, 5.41) is 26.2. The topological polar surface area (TPSA) is 238 Å². The number of carbonyl (C=O) groups excluding carboxylic acids is 1. The van der Waals surface area contributed by atoms with Gasteiger partial charge in [-0.2, -0.15) is 0 Å². The van der Waals surface area contributed by atoms with Crippen LogP contribution in [0.2, 0.25) is 0 Å². The Balaban J connectivity index is 0.851. The van der Waals surface area contributed by atoms with Gasteiger partial charge in [0.05, 0.1) is 32.3 Å². The predicted octanol–water partition coefficient (Wildman–Crippen LogP) is 9.11. The molecule has 5 N–H and O–H groups in total. The van der Waals surface area contributed by atoms with Crippen LogP contribution in [0.5, 0.6) is 17.2 Å². The lowest BCUT2D eigenvalue weighted by Gasteiger charge is -2.56. The molecular formula is C53H64N8O10S2. The number of carbonyl (C=O) groups is 1. The summed E-state index contributed by atoms with van der Waals surface area (Å²) >= 11 is 0. The zero-order chi connectivity index (χ0) is 51.0. The summed E-state index contributed by atoms with van der Waals surface area (Å²) in [5.41, 5.74) is 2.79. The Kier molecular flexibility index (Phi) is 12.7. The van der Waals surface area contributed by atoms with Gasteiger partial charge in [-0.05, 0) is 143 Å². The van der Waals surface area contributed by atoms with Crippen molar-refractivity contribution in [2.45, 2.75) is 138 Å². The van der Waals surface area contributed by atoms with Crippen LogP contribution < -0.4 is 29.1 Å². The minimum Gasteiger partial charge on any atom is -0.489 e. The molecule has 0 radical (unpaired) electrons. The molecule has 3 saturated carbocycles. The van der Waals surface area contributed by atoms with Gasteiger partial charge in [0, 0.05) is 60.6 Å². The van der Waals surface area contributed by atoms with Crippen LogP contribution in [0.15, 0.2) is 77.8 Å². The number of anilines is 3. The molecule has 18 nitrogen and oxygen atoms in total. The molecular weight excluding hydrogens is 973 g/mol. The zero-order valence-electron chi connectivity index (χ0n) is 41.4. The maximum absolute atomic E-state index is 14.4. The number of benzene rings is 3. The number of pyridine rings is 1. The molecule has 2 saturated heterocycles. The van der Waals surface area contributed by atoms with E-state index in [1.165, 1.54) is 30.0 Å². The van der Waals surface area contributed by atoms with Crippen LogP contribution in [0.25, 0.3) is 11.0 Å². The molecule has 2 aromatic heterocycles. The first-order chi connectivity index (χ1) is 34.8. The summed E-state index contributed by atoms with van der Waals surface area (Å²) in [5.74, 6) is -0.767. The van der Waals surface area contributed by atoms with Crippen molar-refractivity contribution < 1.29 is 41.1 Å². The molecule has 73 heavy (non-hydrogen) atoms. The lowest BCUT2D eigenvalue weighted by molar-refractivity contribution is -0.384. The van der Waals surface area contributed by atoms with Crippen LogP contribution >= 0.6 is 0 Å². The number of nitro groups is 1. The van der Waals surface area contributed by atoms with Gasteiger partial charge in [0.1, 0.15) is 18.0 Å². The van der Waals surface area contributed by atoms with E-state index in [-0.39, 0.29) is 58.3 Å². The van der Waals surface area contributed by atoms with Crippen molar-refractivity contribution in [1.82, 2.24) is 19.6 Å². The Morgan fingerprint density at radius 1 is 0.945 bits per heavy atom. The van der Waals surface area contributed by atoms with Crippen molar-refractivity contribution in [2.24, 2.45) is 11.3 Å². The maximum Gasteiger partial charge on any atom is 0.297 e. The first-order valence-electron chi connectivity index (χ1n) is 25.8. The number of aromatic nitrogens is 2. The second-order valence-electron chi connectivity index (χ2n) is 22.0. The van der Waals surface area contributed by atoms with E-state index in [1.54, 1.807) is 37.4 Å². The molecule has 5 aromatic rings. The lowest BCUT2D eigenvalue weighted by Crippen LogP contribution is -2.54. The molecule has 3 aromatic carbocycles. The number of piperidine rings is 1. The third kappa shape index (κ3) is 9.82. The van der Waals surface area contributed by atoms with Crippen molar-refractivity contribution in [3.63, 3.8) is 0 Å². The second kappa shape index (κ2) is 18.8. The number of fused-ring (bicyclic) bond motifs is 2. The molecule has 3 aliphatic carbocycles. The Morgan fingerprint density at radius 2 is 1.70 bits per heavy atom. The highest BCUT2D eigenvalue weighted by atomic mass is 32.2. The fourth-order valence-corrected chi connectivity index (χ4v) is 14.6. The Bertz CT molecular complexity index is 3190. The van der Waals surface area contributed by atoms with Gasteiger partial charge in [-0.3, -0.25) is 24.5 Å². The third-order valence-corrected chi connectivity index (χ3v) is 19.7. The quantitative estimate of drug-likeness (QED) is 0.0515. The Labute approximate surface area is 425 Å². The standard InChI is InChI=1S/C53H64N8O10S2/c1-32(2)39-7-4-5-8-40(39)43-9-6-22-60(43)36-29-53(30-36)19-23-59(24-20-53)35-10-13-41(45(26-35)71-47-25-34-16-21-54-49(34)56-50(47)57-72(66,67)37-11-12-37)51(62)58-73(68,69)38-27-44(61(64)65)48-46(28-38)70-31-42(55-48)33-14-17-52(3,63)18-15-33/h4-5,7-8,10,13,16,21,25-28,32-33,36-37,42-43,55,63H,6,9,11-12,14-15,17-20,22-24,29-31H2,1-3H3,(H,58,62)(H2,54,56,57)/t33?,42-,43-,52?/m1/s1. The summed E-state index contributed by atoms with van der Waals surface area (Å²) < 4.78 is 72.2. The predicted molar refractivity (Wildman–Crippen MR) is 278 cm³/mol. The number of ether oxygens (including phenoxy) is 2. The van der Waals surface area contributed by atoms with Gasteiger partial charge in [0.2, 0.25) is 10.0 Å². The summed E-state index contributed by atoms with van der Waals surface area (Å²) in [6.07, 6.45) is 11.8. The molecule has 1 spiro atoms. The molecule has 388 valence electrons. The van der Waals surface area contributed by atoms with Gasteiger partial charge < -0.3 is 29.8 Å². The molecule has 2 atom stereocenters. The van der Waals surface area contributed by atoms with Gasteiger partial charge >= 0.3 is 0 Å². The van der Waals surface area contributed by atoms with Crippen LogP contribution in [0.3, 0.4) is 0 Å². The summed E-state index contributed by atoms with van der Waals surface area (Å²) in [7, 11) is -8.61. The van der Waals surface area contributed by atoms with E-state index in [0.717, 1.165) is 63.1 Å². The number of sulfonamides is 2. The van der Waals surface area contributed by atoms with E-state index in [9.17, 15) is 36.9 Å². The van der Waals surface area contributed by atoms with Gasteiger partial charge in [-0.15, -0.1) is 0 Å². The molecule has 0 bridgehead atoms. The SMILES string of the molecule is CC(C)c1ccccc1[C@H]1CCCN1C1CC2(CCN(c3ccc(C(=O)NS(=O)(=O)c4cc5c(c([N+](=O)[O-])c4)N[C@@H](C4CCC(C)(O)CC4)CO5)c(Oc4cc5cc[nH]c5nc4NS(=O)(=O)C4CC4)c3)CC2)C1. The number of hydrogen-bond acceptors (Lipinski definition) is 14. The minimum absolute atomic E-state index is 0.00778. The first-order valence-corrected chi connectivity index (χ1v) is 28.8. The fourth-order valence-electron chi connectivity index (χ4n) is 12.2. The largest absolute Gasteiger partial charge is 0.489 e. The number of nitrogens with zero attached hydrogens (tertiary/aromatic N) is 4. The molecule has 5 fully saturated rings. The number of hydrogen-bond donors (Lipinski definition) is 5. The van der Waals surface area contributed by atoms with E-state index in [4.69, 9.17) is 9.47 Å². The minimum atomic E-state index is -4.78. The second-order valence-corrected chi connectivity index (χ2v) is 25.7. The average molecular weight is 1040 g/mol. The van der Waals surface area contributed by atoms with Gasteiger partial charge in [0.25, 0.3) is 21.6 Å². The number of nitrogens with one attached hydrogen (secondary N) is 4. The molecule has 5 heterocycles.